The zero-order valence-electron chi connectivity index (χ0n) is 16.2. The van der Waals surface area contributed by atoms with Crippen molar-refractivity contribution >= 4 is 40.5 Å². The Hall–Kier alpha value is -2.73. The molecule has 0 fully saturated rings. The predicted molar refractivity (Wildman–Crippen MR) is 114 cm³/mol. The van der Waals surface area contributed by atoms with Gasteiger partial charge in [-0.05, 0) is 42.8 Å². The standard InChI is InChI=1S/C21H26ClN3O3/c1-3-4-5-9-20(26)24-16-8-6-7-15(12-16)23-14-21(27)25-17-10-11-19(28-2)18(22)13-17/h6-8,10-13,23H,3-5,9,14H2,1-2H3,(H,24,26)(H,25,27). The molecule has 150 valence electrons. The summed E-state index contributed by atoms with van der Waals surface area (Å²) in [6, 6.07) is 12.3. The molecular weight excluding hydrogens is 378 g/mol. The Balaban J connectivity index is 1.84. The van der Waals surface area contributed by atoms with Crippen LogP contribution in [0, 0.1) is 0 Å². The van der Waals surface area contributed by atoms with Crippen LogP contribution in [0.1, 0.15) is 32.6 Å². The Morgan fingerprint density at radius 1 is 0.964 bits per heavy atom. The molecule has 0 bridgehead atoms. The largest absolute Gasteiger partial charge is 0.495 e. The van der Waals surface area contributed by atoms with Gasteiger partial charge in [-0.2, -0.15) is 0 Å². The summed E-state index contributed by atoms with van der Waals surface area (Å²) in [6.07, 6.45) is 3.52. The number of hydrogen-bond acceptors (Lipinski definition) is 4. The lowest BCUT2D eigenvalue weighted by atomic mass is 10.2. The average molecular weight is 404 g/mol. The molecule has 0 unspecified atom stereocenters. The van der Waals surface area contributed by atoms with Gasteiger partial charge in [-0.1, -0.05) is 37.4 Å². The summed E-state index contributed by atoms with van der Waals surface area (Å²) in [6.45, 7) is 2.18. The highest BCUT2D eigenvalue weighted by molar-refractivity contribution is 6.32. The van der Waals surface area contributed by atoms with Crippen LogP contribution in [0.15, 0.2) is 42.5 Å². The summed E-state index contributed by atoms with van der Waals surface area (Å²) in [4.78, 5) is 24.1. The van der Waals surface area contributed by atoms with E-state index in [1.807, 2.05) is 18.2 Å². The summed E-state index contributed by atoms with van der Waals surface area (Å²) < 4.78 is 5.09. The van der Waals surface area contributed by atoms with Gasteiger partial charge in [0, 0.05) is 23.5 Å². The normalized spacial score (nSPS) is 10.2. The smallest absolute Gasteiger partial charge is 0.243 e. The highest BCUT2D eigenvalue weighted by Gasteiger charge is 2.07. The van der Waals surface area contributed by atoms with Gasteiger partial charge in [0.05, 0.1) is 18.7 Å². The summed E-state index contributed by atoms with van der Waals surface area (Å²) in [7, 11) is 1.53. The molecule has 0 saturated heterocycles. The molecule has 0 aliphatic rings. The van der Waals surface area contributed by atoms with Crippen LogP contribution in [-0.2, 0) is 9.59 Å². The van der Waals surface area contributed by atoms with Crippen molar-refractivity contribution in [2.24, 2.45) is 0 Å². The second-order valence-corrected chi connectivity index (χ2v) is 6.74. The number of nitrogens with one attached hydrogen (secondary N) is 3. The highest BCUT2D eigenvalue weighted by atomic mass is 35.5. The van der Waals surface area contributed by atoms with Crippen molar-refractivity contribution in [3.05, 3.63) is 47.5 Å². The number of benzene rings is 2. The van der Waals surface area contributed by atoms with Gasteiger partial charge in [0.1, 0.15) is 5.75 Å². The van der Waals surface area contributed by atoms with Gasteiger partial charge in [-0.15, -0.1) is 0 Å². The third-order valence-corrected chi connectivity index (χ3v) is 4.34. The maximum absolute atomic E-state index is 12.1. The topological polar surface area (TPSA) is 79.5 Å². The third kappa shape index (κ3) is 7.12. The molecular formula is C21H26ClN3O3. The quantitative estimate of drug-likeness (QED) is 0.492. The minimum Gasteiger partial charge on any atom is -0.495 e. The fourth-order valence-electron chi connectivity index (χ4n) is 2.60. The molecule has 0 spiro atoms. The van der Waals surface area contributed by atoms with Gasteiger partial charge in [0.25, 0.3) is 0 Å². The van der Waals surface area contributed by atoms with Crippen molar-refractivity contribution < 1.29 is 14.3 Å². The van der Waals surface area contributed by atoms with E-state index < -0.39 is 0 Å². The van der Waals surface area contributed by atoms with Crippen LogP contribution >= 0.6 is 11.6 Å². The molecule has 0 heterocycles. The van der Waals surface area contributed by atoms with Crippen LogP contribution in [0.25, 0.3) is 0 Å². The zero-order chi connectivity index (χ0) is 20.4. The van der Waals surface area contributed by atoms with E-state index in [0.717, 1.165) is 24.9 Å². The number of anilines is 3. The van der Waals surface area contributed by atoms with E-state index in [1.54, 1.807) is 24.3 Å². The van der Waals surface area contributed by atoms with Crippen LogP contribution in [-0.4, -0.2) is 25.5 Å². The zero-order valence-corrected chi connectivity index (χ0v) is 16.9. The van der Waals surface area contributed by atoms with Crippen LogP contribution in [0.5, 0.6) is 5.75 Å². The molecule has 0 aliphatic carbocycles. The molecule has 2 rings (SSSR count). The first-order chi connectivity index (χ1) is 13.5. The van der Waals surface area contributed by atoms with Crippen LogP contribution in [0.4, 0.5) is 17.1 Å². The minimum atomic E-state index is -0.213. The molecule has 0 saturated carbocycles. The number of amides is 2. The number of carbonyl (C=O) groups is 2. The first-order valence-corrected chi connectivity index (χ1v) is 9.66. The second kappa shape index (κ2) is 11.2. The van der Waals surface area contributed by atoms with Gasteiger partial charge in [0.15, 0.2) is 0 Å². The van der Waals surface area contributed by atoms with Crippen molar-refractivity contribution in [1.29, 1.82) is 0 Å². The van der Waals surface area contributed by atoms with Crippen LogP contribution in [0.3, 0.4) is 0 Å². The molecule has 2 aromatic rings. The van der Waals surface area contributed by atoms with Gasteiger partial charge < -0.3 is 20.7 Å². The number of hydrogen-bond donors (Lipinski definition) is 3. The van der Waals surface area contributed by atoms with Gasteiger partial charge in [-0.25, -0.2) is 0 Å². The fraction of sp³-hybridized carbons (Fsp3) is 0.333. The van der Waals surface area contributed by atoms with E-state index in [2.05, 4.69) is 22.9 Å². The maximum Gasteiger partial charge on any atom is 0.243 e. The predicted octanol–water partition coefficient (Wildman–Crippen LogP) is 4.92. The lowest BCUT2D eigenvalue weighted by Crippen LogP contribution is -2.21. The Morgan fingerprint density at radius 3 is 2.39 bits per heavy atom. The fourth-order valence-corrected chi connectivity index (χ4v) is 2.86. The number of rotatable bonds is 10. The van der Waals surface area contributed by atoms with Crippen molar-refractivity contribution in [2.45, 2.75) is 32.6 Å². The lowest BCUT2D eigenvalue weighted by molar-refractivity contribution is -0.116. The number of methoxy groups -OCH3 is 1. The van der Waals surface area contributed by atoms with E-state index in [4.69, 9.17) is 16.3 Å². The Labute approximate surface area is 170 Å². The van der Waals surface area contributed by atoms with E-state index in [0.29, 0.717) is 28.6 Å². The van der Waals surface area contributed by atoms with Crippen molar-refractivity contribution in [2.75, 3.05) is 29.6 Å². The van der Waals surface area contributed by atoms with Crippen LogP contribution < -0.4 is 20.7 Å². The molecule has 0 radical (unpaired) electrons. The molecule has 0 aliphatic heterocycles. The molecule has 28 heavy (non-hydrogen) atoms. The van der Waals surface area contributed by atoms with E-state index in [1.165, 1.54) is 7.11 Å². The lowest BCUT2D eigenvalue weighted by Gasteiger charge is -2.11. The van der Waals surface area contributed by atoms with Crippen molar-refractivity contribution in [3.8, 4) is 5.75 Å². The summed E-state index contributed by atoms with van der Waals surface area (Å²) >= 11 is 6.06. The van der Waals surface area contributed by atoms with E-state index >= 15 is 0 Å². The van der Waals surface area contributed by atoms with Gasteiger partial charge >= 0.3 is 0 Å². The van der Waals surface area contributed by atoms with Crippen LogP contribution in [0.2, 0.25) is 5.02 Å². The van der Waals surface area contributed by atoms with Crippen molar-refractivity contribution in [1.82, 2.24) is 0 Å². The number of carbonyl (C=O) groups excluding carboxylic acids is 2. The Morgan fingerprint density at radius 2 is 1.68 bits per heavy atom. The third-order valence-electron chi connectivity index (χ3n) is 4.04. The number of unbranched alkanes of at least 4 members (excludes halogenated alkanes) is 2. The molecule has 2 amide bonds. The van der Waals surface area contributed by atoms with E-state index in [9.17, 15) is 9.59 Å². The molecule has 7 heteroatoms. The average Bonchev–Trinajstić information content (AvgIpc) is 2.67. The molecule has 0 atom stereocenters. The molecule has 3 N–H and O–H groups in total. The van der Waals surface area contributed by atoms with Gasteiger partial charge in [0.2, 0.25) is 11.8 Å². The number of halogens is 1. The highest BCUT2D eigenvalue weighted by Crippen LogP contribution is 2.27. The summed E-state index contributed by atoms with van der Waals surface area (Å²) in [5.74, 6) is 0.335. The molecule has 0 aromatic heterocycles. The first-order valence-electron chi connectivity index (χ1n) is 9.29. The summed E-state index contributed by atoms with van der Waals surface area (Å²) in [5, 5.41) is 9.12. The van der Waals surface area contributed by atoms with Gasteiger partial charge in [-0.3, -0.25) is 9.59 Å². The molecule has 2 aromatic carbocycles. The minimum absolute atomic E-state index is 0.000252. The number of ether oxygens (including phenoxy) is 1. The second-order valence-electron chi connectivity index (χ2n) is 6.34. The Bertz CT molecular complexity index is 811. The molecule has 6 nitrogen and oxygen atoms in total. The van der Waals surface area contributed by atoms with E-state index in [-0.39, 0.29) is 18.4 Å². The monoisotopic (exact) mass is 403 g/mol. The maximum atomic E-state index is 12.1. The summed E-state index contributed by atoms with van der Waals surface area (Å²) in [5.41, 5.74) is 2.04. The van der Waals surface area contributed by atoms with Crippen molar-refractivity contribution in [3.63, 3.8) is 0 Å². The Kier molecular flexibility index (Phi) is 8.62. The first kappa shape index (κ1) is 21.6. The SMILES string of the molecule is CCCCCC(=O)Nc1cccc(NCC(=O)Nc2ccc(OC)c(Cl)c2)c1.